The van der Waals surface area contributed by atoms with Crippen LogP contribution in [0, 0.1) is 30.1 Å². The van der Waals surface area contributed by atoms with Gasteiger partial charge in [0.25, 0.3) is 0 Å². The van der Waals surface area contributed by atoms with E-state index < -0.39 is 0 Å². The van der Waals surface area contributed by atoms with Gasteiger partial charge in [0, 0.05) is 0 Å². The summed E-state index contributed by atoms with van der Waals surface area (Å²) in [5.41, 5.74) is 0.606. The predicted molar refractivity (Wildman–Crippen MR) is 59.7 cm³/mol. The molecule has 1 N–H and O–H groups in total. The second-order valence-corrected chi connectivity index (χ2v) is 4.88. The summed E-state index contributed by atoms with van der Waals surface area (Å²) in [6.07, 6.45) is 14.4. The first kappa shape index (κ1) is 11.6. The van der Waals surface area contributed by atoms with Crippen molar-refractivity contribution >= 4 is 0 Å². The lowest BCUT2D eigenvalue weighted by atomic mass is 9.82. The second-order valence-electron chi connectivity index (χ2n) is 4.88. The quantitative estimate of drug-likeness (QED) is 0.670. The van der Waals surface area contributed by atoms with Crippen LogP contribution in [0.3, 0.4) is 0 Å². The molecular weight excluding hydrogens is 172 g/mol. The van der Waals surface area contributed by atoms with Crippen molar-refractivity contribution < 1.29 is 5.11 Å². The van der Waals surface area contributed by atoms with E-state index in [0.29, 0.717) is 11.3 Å². The lowest BCUT2D eigenvalue weighted by Crippen LogP contribution is -2.28. The van der Waals surface area contributed by atoms with E-state index >= 15 is 0 Å². The van der Waals surface area contributed by atoms with Gasteiger partial charge in [0.2, 0.25) is 0 Å². The van der Waals surface area contributed by atoms with Crippen LogP contribution in [0.4, 0.5) is 0 Å². The minimum Gasteiger partial charge on any atom is -0.393 e. The van der Waals surface area contributed by atoms with Gasteiger partial charge in [-0.15, -0.1) is 12.8 Å². The van der Waals surface area contributed by atoms with Crippen molar-refractivity contribution in [2.45, 2.75) is 52.1 Å². The molecule has 80 valence electrons. The maximum absolute atomic E-state index is 9.90. The van der Waals surface area contributed by atoms with Crippen LogP contribution < -0.4 is 0 Å². The first-order chi connectivity index (χ1) is 6.69. The van der Waals surface area contributed by atoms with E-state index in [2.05, 4.69) is 26.7 Å². The Bertz CT molecular complexity index is 203. The largest absolute Gasteiger partial charge is 0.393 e. The maximum atomic E-state index is 9.90. The van der Waals surface area contributed by atoms with Gasteiger partial charge < -0.3 is 5.11 Å². The molecule has 2 unspecified atom stereocenters. The standard InChI is InChI=1S/C11H20O.C2H2/c1-3-9(12)10-8(2)4-5-11(10)6-7-11;1-2/h8-10,12H,3-7H2,1-2H3;1-2H/t8?,9-,10?;/m0./s1. The van der Waals surface area contributed by atoms with Crippen molar-refractivity contribution in [3.05, 3.63) is 0 Å². The molecule has 0 aromatic rings. The number of terminal acetylenes is 1. The summed E-state index contributed by atoms with van der Waals surface area (Å²) in [5, 5.41) is 9.90. The van der Waals surface area contributed by atoms with Crippen molar-refractivity contribution in [3.8, 4) is 12.8 Å². The molecule has 0 saturated heterocycles. The van der Waals surface area contributed by atoms with Crippen molar-refractivity contribution in [2.24, 2.45) is 17.3 Å². The molecule has 0 radical (unpaired) electrons. The molecule has 0 amide bonds. The van der Waals surface area contributed by atoms with Gasteiger partial charge in [-0.05, 0) is 49.4 Å². The third kappa shape index (κ3) is 1.81. The zero-order valence-electron chi connectivity index (χ0n) is 9.37. The first-order valence-electron chi connectivity index (χ1n) is 5.71. The molecule has 2 saturated carbocycles. The van der Waals surface area contributed by atoms with E-state index in [1.807, 2.05) is 0 Å². The van der Waals surface area contributed by atoms with Crippen LogP contribution in [0.25, 0.3) is 0 Å². The van der Waals surface area contributed by atoms with Gasteiger partial charge in [-0.1, -0.05) is 13.8 Å². The Morgan fingerprint density at radius 3 is 2.36 bits per heavy atom. The average molecular weight is 194 g/mol. The van der Waals surface area contributed by atoms with Crippen molar-refractivity contribution in [1.29, 1.82) is 0 Å². The zero-order valence-corrected chi connectivity index (χ0v) is 9.37. The number of aliphatic hydroxyl groups excluding tert-OH is 1. The fraction of sp³-hybridized carbons (Fsp3) is 0.846. The summed E-state index contributed by atoms with van der Waals surface area (Å²) in [5.74, 6) is 1.39. The van der Waals surface area contributed by atoms with Gasteiger partial charge >= 0.3 is 0 Å². The van der Waals surface area contributed by atoms with Crippen LogP contribution in [0.5, 0.6) is 0 Å². The van der Waals surface area contributed by atoms with Crippen LogP contribution >= 0.6 is 0 Å². The Morgan fingerprint density at radius 1 is 1.36 bits per heavy atom. The highest BCUT2D eigenvalue weighted by molar-refractivity contribution is 5.06. The van der Waals surface area contributed by atoms with E-state index in [1.54, 1.807) is 0 Å². The molecular formula is C13H22O. The van der Waals surface area contributed by atoms with Gasteiger partial charge in [0.05, 0.1) is 6.10 Å². The monoisotopic (exact) mass is 194 g/mol. The highest BCUT2D eigenvalue weighted by atomic mass is 16.3. The molecule has 2 aliphatic carbocycles. The number of hydrogen-bond donors (Lipinski definition) is 1. The van der Waals surface area contributed by atoms with E-state index in [0.717, 1.165) is 12.3 Å². The predicted octanol–water partition coefficient (Wildman–Crippen LogP) is 2.83. The summed E-state index contributed by atoms with van der Waals surface area (Å²) in [6.45, 7) is 4.42. The highest BCUT2D eigenvalue weighted by Crippen LogP contribution is 2.64. The van der Waals surface area contributed by atoms with Crippen molar-refractivity contribution in [3.63, 3.8) is 0 Å². The fourth-order valence-corrected chi connectivity index (χ4v) is 3.25. The van der Waals surface area contributed by atoms with Crippen LogP contribution in [0.1, 0.15) is 46.0 Å². The topological polar surface area (TPSA) is 20.2 Å². The molecule has 0 heterocycles. The van der Waals surface area contributed by atoms with Crippen molar-refractivity contribution in [2.75, 3.05) is 0 Å². The molecule has 2 rings (SSSR count). The van der Waals surface area contributed by atoms with Gasteiger partial charge in [-0.3, -0.25) is 0 Å². The molecule has 0 aromatic carbocycles. The molecule has 0 aliphatic heterocycles. The Hall–Kier alpha value is -0.480. The van der Waals surface area contributed by atoms with E-state index in [4.69, 9.17) is 0 Å². The molecule has 2 fully saturated rings. The summed E-state index contributed by atoms with van der Waals surface area (Å²) in [6, 6.07) is 0. The molecule has 1 spiro atoms. The molecule has 1 heteroatoms. The Labute approximate surface area is 87.9 Å². The molecule has 0 bridgehead atoms. The van der Waals surface area contributed by atoms with E-state index in [-0.39, 0.29) is 6.10 Å². The SMILES string of the molecule is C#C.CC[C@H](O)C1C(C)CCC12CC2. The molecule has 1 nitrogen and oxygen atoms in total. The third-order valence-corrected chi connectivity index (χ3v) is 4.14. The van der Waals surface area contributed by atoms with Crippen LogP contribution in [0.15, 0.2) is 0 Å². The first-order valence-corrected chi connectivity index (χ1v) is 5.71. The average Bonchev–Trinajstić information content (AvgIpc) is 2.91. The van der Waals surface area contributed by atoms with Gasteiger partial charge in [-0.25, -0.2) is 0 Å². The Kier molecular flexibility index (Phi) is 3.61. The lowest BCUT2D eigenvalue weighted by Gasteiger charge is -2.27. The van der Waals surface area contributed by atoms with Crippen LogP contribution in [-0.4, -0.2) is 11.2 Å². The van der Waals surface area contributed by atoms with Crippen molar-refractivity contribution in [1.82, 2.24) is 0 Å². The summed E-state index contributed by atoms with van der Waals surface area (Å²) < 4.78 is 0. The minimum absolute atomic E-state index is 0.0231. The number of hydrogen-bond acceptors (Lipinski definition) is 1. The van der Waals surface area contributed by atoms with Crippen LogP contribution in [0.2, 0.25) is 0 Å². The number of aliphatic hydroxyl groups is 1. The second kappa shape index (κ2) is 4.36. The summed E-state index contributed by atoms with van der Waals surface area (Å²) >= 11 is 0. The van der Waals surface area contributed by atoms with Gasteiger partial charge in [-0.2, -0.15) is 0 Å². The fourth-order valence-electron chi connectivity index (χ4n) is 3.25. The van der Waals surface area contributed by atoms with Crippen LogP contribution in [-0.2, 0) is 0 Å². The molecule has 14 heavy (non-hydrogen) atoms. The lowest BCUT2D eigenvalue weighted by molar-refractivity contribution is 0.0541. The molecule has 2 aliphatic rings. The smallest absolute Gasteiger partial charge is 0.0573 e. The van der Waals surface area contributed by atoms with E-state index in [1.165, 1.54) is 25.7 Å². The third-order valence-electron chi connectivity index (χ3n) is 4.14. The summed E-state index contributed by atoms with van der Waals surface area (Å²) in [7, 11) is 0. The Balaban J connectivity index is 0.000000461. The Morgan fingerprint density at radius 2 is 1.93 bits per heavy atom. The maximum Gasteiger partial charge on any atom is 0.0573 e. The van der Waals surface area contributed by atoms with Gasteiger partial charge in [0.1, 0.15) is 0 Å². The normalized spacial score (nSPS) is 34.6. The number of rotatable bonds is 2. The molecule has 0 aromatic heterocycles. The minimum atomic E-state index is -0.0231. The van der Waals surface area contributed by atoms with Gasteiger partial charge in [0.15, 0.2) is 0 Å². The van der Waals surface area contributed by atoms with E-state index in [9.17, 15) is 5.11 Å². The zero-order chi connectivity index (χ0) is 10.8. The summed E-state index contributed by atoms with van der Waals surface area (Å²) in [4.78, 5) is 0. The highest BCUT2D eigenvalue weighted by Gasteiger charge is 2.56. The molecule has 3 atom stereocenters.